The third-order valence-electron chi connectivity index (χ3n) is 1.62. The van der Waals surface area contributed by atoms with Crippen LogP contribution in [0.3, 0.4) is 0 Å². The summed E-state index contributed by atoms with van der Waals surface area (Å²) in [5.41, 5.74) is 0.228. The molecule has 2 atom stereocenters. The molecule has 0 saturated carbocycles. The summed E-state index contributed by atoms with van der Waals surface area (Å²) in [5, 5.41) is 17.7. The molecule has 12 heavy (non-hydrogen) atoms. The Morgan fingerprint density at radius 3 is 2.50 bits per heavy atom. The molecule has 0 aromatic heterocycles. The standard InChI is InChI=1S/C8H13ClO3/c1-5(7(10)4-9)3-6(2)8(11)12/h3,5,7,10H,4H2,1-2H3,(H,11,12)/b6-3+. The van der Waals surface area contributed by atoms with Crippen LogP contribution in [0, 0.1) is 5.92 Å². The van der Waals surface area contributed by atoms with Gasteiger partial charge in [0.25, 0.3) is 0 Å². The first-order valence-electron chi connectivity index (χ1n) is 3.64. The Bertz CT molecular complexity index is 189. The molecule has 0 heterocycles. The molecule has 0 bridgehead atoms. The van der Waals surface area contributed by atoms with Crippen LogP contribution in [0.15, 0.2) is 11.6 Å². The first-order chi connectivity index (χ1) is 5.49. The van der Waals surface area contributed by atoms with Crippen LogP contribution < -0.4 is 0 Å². The van der Waals surface area contributed by atoms with E-state index in [9.17, 15) is 9.90 Å². The van der Waals surface area contributed by atoms with Gasteiger partial charge in [-0.05, 0) is 6.92 Å². The van der Waals surface area contributed by atoms with Crippen molar-refractivity contribution in [3.8, 4) is 0 Å². The fraction of sp³-hybridized carbons (Fsp3) is 0.625. The summed E-state index contributed by atoms with van der Waals surface area (Å²) in [7, 11) is 0. The molecule has 0 aliphatic carbocycles. The van der Waals surface area contributed by atoms with Crippen molar-refractivity contribution in [2.45, 2.75) is 20.0 Å². The van der Waals surface area contributed by atoms with E-state index in [0.717, 1.165) is 0 Å². The van der Waals surface area contributed by atoms with Crippen LogP contribution in [0.2, 0.25) is 0 Å². The lowest BCUT2D eigenvalue weighted by molar-refractivity contribution is -0.132. The number of alkyl halides is 1. The molecule has 0 aromatic carbocycles. The summed E-state index contributed by atoms with van der Waals surface area (Å²) in [6.45, 7) is 3.21. The van der Waals surface area contributed by atoms with Crippen LogP contribution in [0.5, 0.6) is 0 Å². The van der Waals surface area contributed by atoms with Crippen LogP contribution in [-0.4, -0.2) is 28.2 Å². The highest BCUT2D eigenvalue weighted by Crippen LogP contribution is 2.09. The van der Waals surface area contributed by atoms with Crippen molar-refractivity contribution in [1.82, 2.24) is 0 Å². The van der Waals surface area contributed by atoms with Gasteiger partial charge in [0.15, 0.2) is 0 Å². The molecule has 0 radical (unpaired) electrons. The third-order valence-corrected chi connectivity index (χ3v) is 1.93. The van der Waals surface area contributed by atoms with Crippen LogP contribution in [-0.2, 0) is 4.79 Å². The van der Waals surface area contributed by atoms with E-state index >= 15 is 0 Å². The lowest BCUT2D eigenvalue weighted by Gasteiger charge is -2.11. The summed E-state index contributed by atoms with van der Waals surface area (Å²) < 4.78 is 0. The van der Waals surface area contributed by atoms with Crippen LogP contribution in [0.4, 0.5) is 0 Å². The normalized spacial score (nSPS) is 17.2. The first-order valence-corrected chi connectivity index (χ1v) is 4.18. The minimum atomic E-state index is -0.969. The highest BCUT2D eigenvalue weighted by atomic mass is 35.5. The number of aliphatic hydroxyl groups excluding tert-OH is 1. The Balaban J connectivity index is 4.22. The van der Waals surface area contributed by atoms with Gasteiger partial charge in [-0.15, -0.1) is 11.6 Å². The second-order valence-electron chi connectivity index (χ2n) is 2.74. The van der Waals surface area contributed by atoms with Gasteiger partial charge in [-0.2, -0.15) is 0 Å². The Morgan fingerprint density at radius 1 is 1.67 bits per heavy atom. The van der Waals surface area contributed by atoms with Gasteiger partial charge in [0.05, 0.1) is 6.10 Å². The number of carboxylic acid groups (broad SMARTS) is 1. The minimum absolute atomic E-state index is 0.116. The lowest BCUT2D eigenvalue weighted by atomic mass is 10.0. The fourth-order valence-corrected chi connectivity index (χ4v) is 0.998. The van der Waals surface area contributed by atoms with Crippen LogP contribution in [0.1, 0.15) is 13.8 Å². The molecule has 4 heteroatoms. The second-order valence-corrected chi connectivity index (χ2v) is 3.04. The topological polar surface area (TPSA) is 57.5 Å². The van der Waals surface area contributed by atoms with Gasteiger partial charge < -0.3 is 10.2 Å². The molecule has 0 aromatic rings. The maximum Gasteiger partial charge on any atom is 0.330 e. The van der Waals surface area contributed by atoms with Gasteiger partial charge in [-0.3, -0.25) is 0 Å². The Morgan fingerprint density at radius 2 is 2.17 bits per heavy atom. The van der Waals surface area contributed by atoms with Gasteiger partial charge in [0.2, 0.25) is 0 Å². The van der Waals surface area contributed by atoms with E-state index in [1.54, 1.807) is 6.92 Å². The Hall–Kier alpha value is -0.540. The van der Waals surface area contributed by atoms with E-state index in [1.165, 1.54) is 13.0 Å². The molecular formula is C8H13ClO3. The number of halogens is 1. The van der Waals surface area contributed by atoms with Crippen molar-refractivity contribution in [3.63, 3.8) is 0 Å². The van der Waals surface area contributed by atoms with E-state index in [0.29, 0.717) is 0 Å². The zero-order valence-electron chi connectivity index (χ0n) is 7.12. The molecule has 0 saturated heterocycles. The highest BCUT2D eigenvalue weighted by Gasteiger charge is 2.11. The summed E-state index contributed by atoms with van der Waals surface area (Å²) in [6.07, 6.45) is 0.816. The zero-order chi connectivity index (χ0) is 9.72. The molecule has 0 fully saturated rings. The van der Waals surface area contributed by atoms with Crippen LogP contribution >= 0.6 is 11.6 Å². The maximum absolute atomic E-state index is 10.4. The number of rotatable bonds is 4. The summed E-state index contributed by atoms with van der Waals surface area (Å²) in [4.78, 5) is 10.4. The van der Waals surface area contributed by atoms with Crippen molar-refractivity contribution in [1.29, 1.82) is 0 Å². The fourth-order valence-electron chi connectivity index (χ4n) is 0.717. The van der Waals surface area contributed by atoms with E-state index in [1.807, 2.05) is 0 Å². The molecule has 2 N–H and O–H groups in total. The van der Waals surface area contributed by atoms with Crippen molar-refractivity contribution in [2.24, 2.45) is 5.92 Å². The summed E-state index contributed by atoms with van der Waals surface area (Å²) >= 11 is 5.38. The predicted octanol–water partition coefficient (Wildman–Crippen LogP) is 1.25. The number of hydrogen-bond acceptors (Lipinski definition) is 2. The van der Waals surface area contributed by atoms with Gasteiger partial charge in [0.1, 0.15) is 0 Å². The first kappa shape index (κ1) is 11.5. The molecule has 0 aliphatic heterocycles. The molecular weight excluding hydrogens is 180 g/mol. The SMILES string of the molecule is C/C(=C\C(C)C(O)CCl)C(=O)O. The van der Waals surface area contributed by atoms with E-state index in [2.05, 4.69) is 0 Å². The van der Waals surface area contributed by atoms with Crippen molar-refractivity contribution in [3.05, 3.63) is 11.6 Å². The molecule has 70 valence electrons. The summed E-state index contributed by atoms with van der Waals surface area (Å²) in [5.74, 6) is -1.08. The average molecular weight is 193 g/mol. The Kier molecular flexibility index (Phi) is 4.93. The molecule has 0 aliphatic rings. The number of aliphatic carboxylic acids is 1. The maximum atomic E-state index is 10.4. The van der Waals surface area contributed by atoms with Gasteiger partial charge in [-0.25, -0.2) is 4.79 Å². The van der Waals surface area contributed by atoms with E-state index in [-0.39, 0.29) is 17.4 Å². The number of aliphatic hydroxyl groups is 1. The van der Waals surface area contributed by atoms with Gasteiger partial charge in [-0.1, -0.05) is 13.0 Å². The van der Waals surface area contributed by atoms with E-state index in [4.69, 9.17) is 16.7 Å². The van der Waals surface area contributed by atoms with Gasteiger partial charge in [0, 0.05) is 17.4 Å². The lowest BCUT2D eigenvalue weighted by Crippen LogP contribution is -2.18. The largest absolute Gasteiger partial charge is 0.478 e. The van der Waals surface area contributed by atoms with E-state index < -0.39 is 12.1 Å². The molecule has 0 amide bonds. The predicted molar refractivity (Wildman–Crippen MR) is 47.3 cm³/mol. The Labute approximate surface area is 76.7 Å². The van der Waals surface area contributed by atoms with Gasteiger partial charge >= 0.3 is 5.97 Å². The molecule has 3 nitrogen and oxygen atoms in total. The molecule has 2 unspecified atom stereocenters. The number of carbonyl (C=O) groups is 1. The average Bonchev–Trinajstić information content (AvgIpc) is 2.02. The van der Waals surface area contributed by atoms with Crippen molar-refractivity contribution < 1.29 is 15.0 Å². The highest BCUT2D eigenvalue weighted by molar-refractivity contribution is 6.18. The van der Waals surface area contributed by atoms with Crippen molar-refractivity contribution in [2.75, 3.05) is 5.88 Å². The van der Waals surface area contributed by atoms with Crippen molar-refractivity contribution >= 4 is 17.6 Å². The minimum Gasteiger partial charge on any atom is -0.478 e. The summed E-state index contributed by atoms with van der Waals surface area (Å²) in [6, 6.07) is 0. The quantitative estimate of drug-likeness (QED) is 0.521. The van der Waals surface area contributed by atoms with Crippen LogP contribution in [0.25, 0.3) is 0 Å². The zero-order valence-corrected chi connectivity index (χ0v) is 7.88. The number of hydrogen-bond donors (Lipinski definition) is 2. The third kappa shape index (κ3) is 3.74. The second kappa shape index (κ2) is 5.17. The number of carboxylic acids is 1. The monoisotopic (exact) mass is 192 g/mol. The smallest absolute Gasteiger partial charge is 0.330 e. The molecule has 0 spiro atoms. The molecule has 0 rings (SSSR count).